The fourth-order valence-electron chi connectivity index (χ4n) is 2.42. The van der Waals surface area contributed by atoms with Gasteiger partial charge in [-0.25, -0.2) is 0 Å². The van der Waals surface area contributed by atoms with Gasteiger partial charge in [0, 0.05) is 19.1 Å². The van der Waals surface area contributed by atoms with E-state index < -0.39 is 0 Å². The molecule has 3 nitrogen and oxygen atoms in total. The number of piperidine rings is 1. The van der Waals surface area contributed by atoms with Crippen LogP contribution >= 0.6 is 12.4 Å². The monoisotopic (exact) mass is 262 g/mol. The van der Waals surface area contributed by atoms with Gasteiger partial charge in [-0.1, -0.05) is 20.3 Å². The number of nitrogens with zero attached hydrogens (tertiary/aromatic N) is 1. The maximum atomic E-state index is 12.1. The van der Waals surface area contributed by atoms with E-state index >= 15 is 0 Å². The van der Waals surface area contributed by atoms with Crippen molar-refractivity contribution in [2.24, 2.45) is 17.6 Å². The largest absolute Gasteiger partial charge is 0.342 e. The van der Waals surface area contributed by atoms with Gasteiger partial charge < -0.3 is 10.6 Å². The van der Waals surface area contributed by atoms with Gasteiger partial charge in [-0.15, -0.1) is 12.4 Å². The van der Waals surface area contributed by atoms with E-state index in [1.165, 1.54) is 19.3 Å². The number of rotatable bonds is 4. The van der Waals surface area contributed by atoms with E-state index in [1.807, 2.05) is 18.7 Å². The molecule has 3 atom stereocenters. The molecule has 0 radical (unpaired) electrons. The van der Waals surface area contributed by atoms with Crippen molar-refractivity contribution in [1.29, 1.82) is 0 Å². The van der Waals surface area contributed by atoms with Crippen LogP contribution in [-0.4, -0.2) is 29.9 Å². The molecular weight excluding hydrogens is 236 g/mol. The summed E-state index contributed by atoms with van der Waals surface area (Å²) in [4.78, 5) is 14.2. The lowest BCUT2D eigenvalue weighted by atomic mass is 9.92. The lowest BCUT2D eigenvalue weighted by molar-refractivity contribution is -0.137. The minimum atomic E-state index is -0.0425. The second-order valence-electron chi connectivity index (χ2n) is 5.23. The molecule has 0 aromatic carbocycles. The van der Waals surface area contributed by atoms with E-state index in [2.05, 4.69) is 6.92 Å². The summed E-state index contributed by atoms with van der Waals surface area (Å²) in [5.74, 6) is 0.916. The molecular formula is C13H27ClN2O. The molecule has 0 spiro atoms. The number of hydrogen-bond acceptors (Lipinski definition) is 2. The van der Waals surface area contributed by atoms with Crippen molar-refractivity contribution in [3.63, 3.8) is 0 Å². The van der Waals surface area contributed by atoms with Crippen molar-refractivity contribution in [3.8, 4) is 0 Å². The zero-order valence-electron chi connectivity index (χ0n) is 11.3. The van der Waals surface area contributed by atoms with E-state index in [1.54, 1.807) is 0 Å². The molecule has 0 saturated carbocycles. The molecule has 0 aromatic rings. The van der Waals surface area contributed by atoms with Crippen LogP contribution in [0, 0.1) is 11.8 Å². The van der Waals surface area contributed by atoms with Crippen LogP contribution in [-0.2, 0) is 4.79 Å². The predicted octanol–water partition coefficient (Wildman–Crippen LogP) is 2.43. The van der Waals surface area contributed by atoms with Gasteiger partial charge in [-0.3, -0.25) is 4.79 Å². The summed E-state index contributed by atoms with van der Waals surface area (Å²) in [7, 11) is 0. The first kappa shape index (κ1) is 16.7. The Hall–Kier alpha value is -0.280. The Morgan fingerprint density at radius 3 is 2.65 bits per heavy atom. The van der Waals surface area contributed by atoms with Crippen molar-refractivity contribution in [3.05, 3.63) is 0 Å². The molecule has 1 heterocycles. The van der Waals surface area contributed by atoms with Crippen LogP contribution in [0.4, 0.5) is 0 Å². The maximum Gasteiger partial charge on any atom is 0.226 e. The minimum absolute atomic E-state index is 0. The maximum absolute atomic E-state index is 12.1. The zero-order valence-corrected chi connectivity index (χ0v) is 12.1. The quantitative estimate of drug-likeness (QED) is 0.846. The van der Waals surface area contributed by atoms with Crippen molar-refractivity contribution >= 4 is 18.3 Å². The number of halogens is 1. The van der Waals surface area contributed by atoms with Crippen LogP contribution < -0.4 is 5.73 Å². The highest BCUT2D eigenvalue weighted by atomic mass is 35.5. The Balaban J connectivity index is 0.00000256. The fraction of sp³-hybridized carbons (Fsp3) is 0.923. The number of hydrogen-bond donors (Lipinski definition) is 1. The molecule has 1 amide bonds. The summed E-state index contributed by atoms with van der Waals surface area (Å²) in [5, 5.41) is 0. The summed E-state index contributed by atoms with van der Waals surface area (Å²) < 4.78 is 0. The summed E-state index contributed by atoms with van der Waals surface area (Å²) in [6.45, 7) is 7.94. The van der Waals surface area contributed by atoms with E-state index in [4.69, 9.17) is 5.73 Å². The molecule has 4 heteroatoms. The van der Waals surface area contributed by atoms with Gasteiger partial charge in [-0.05, 0) is 32.1 Å². The molecule has 0 aromatic heterocycles. The number of nitrogens with two attached hydrogens (primary N) is 1. The predicted molar refractivity (Wildman–Crippen MR) is 74.3 cm³/mol. The number of likely N-dealkylation sites (tertiary alicyclic amines) is 1. The van der Waals surface area contributed by atoms with Crippen LogP contribution in [0.1, 0.15) is 46.5 Å². The number of carbonyl (C=O) groups excluding carboxylic acids is 1. The van der Waals surface area contributed by atoms with Gasteiger partial charge in [0.1, 0.15) is 0 Å². The van der Waals surface area contributed by atoms with E-state index in [0.29, 0.717) is 5.92 Å². The third-order valence-electron chi connectivity index (χ3n) is 3.71. The summed E-state index contributed by atoms with van der Waals surface area (Å²) in [6, 6.07) is -0.0425. The highest BCUT2D eigenvalue weighted by molar-refractivity contribution is 5.85. The Kier molecular flexibility index (Phi) is 7.80. The fourth-order valence-corrected chi connectivity index (χ4v) is 2.42. The van der Waals surface area contributed by atoms with Crippen LogP contribution in [0.15, 0.2) is 0 Å². The van der Waals surface area contributed by atoms with Crippen molar-refractivity contribution in [2.75, 3.05) is 13.1 Å². The summed E-state index contributed by atoms with van der Waals surface area (Å²) >= 11 is 0. The normalized spacial score (nSPS) is 23.8. The van der Waals surface area contributed by atoms with Gasteiger partial charge in [0.05, 0.1) is 5.92 Å². The average Bonchev–Trinajstić information content (AvgIpc) is 2.28. The molecule has 1 saturated heterocycles. The van der Waals surface area contributed by atoms with Crippen LogP contribution in [0.25, 0.3) is 0 Å². The number of amides is 1. The standard InChI is InChI=1S/C13H26N2O.ClH/c1-4-6-12-7-5-8-15(9-12)13(16)10(2)11(3)14;/h10-12H,4-9,14H2,1-3H3;1H. The topological polar surface area (TPSA) is 46.3 Å². The van der Waals surface area contributed by atoms with Crippen molar-refractivity contribution in [2.45, 2.75) is 52.5 Å². The molecule has 3 unspecified atom stereocenters. The second kappa shape index (κ2) is 7.93. The second-order valence-corrected chi connectivity index (χ2v) is 5.23. The van der Waals surface area contributed by atoms with Crippen LogP contribution in [0.2, 0.25) is 0 Å². The van der Waals surface area contributed by atoms with Crippen molar-refractivity contribution < 1.29 is 4.79 Å². The molecule has 1 rings (SSSR count). The van der Waals surface area contributed by atoms with Crippen LogP contribution in [0.5, 0.6) is 0 Å². The molecule has 102 valence electrons. The van der Waals surface area contributed by atoms with Gasteiger partial charge in [0.2, 0.25) is 5.91 Å². The van der Waals surface area contributed by atoms with E-state index in [9.17, 15) is 4.79 Å². The van der Waals surface area contributed by atoms with Gasteiger partial charge in [0.25, 0.3) is 0 Å². The van der Waals surface area contributed by atoms with E-state index in [-0.39, 0.29) is 30.3 Å². The minimum Gasteiger partial charge on any atom is -0.342 e. The zero-order chi connectivity index (χ0) is 12.1. The first-order valence-corrected chi connectivity index (χ1v) is 6.60. The van der Waals surface area contributed by atoms with Crippen LogP contribution in [0.3, 0.4) is 0 Å². The molecule has 17 heavy (non-hydrogen) atoms. The summed E-state index contributed by atoms with van der Waals surface area (Å²) in [5.41, 5.74) is 5.79. The smallest absolute Gasteiger partial charge is 0.226 e. The third-order valence-corrected chi connectivity index (χ3v) is 3.71. The highest BCUT2D eigenvalue weighted by Crippen LogP contribution is 2.22. The van der Waals surface area contributed by atoms with Gasteiger partial charge in [-0.2, -0.15) is 0 Å². The first-order chi connectivity index (χ1) is 7.56. The van der Waals surface area contributed by atoms with E-state index in [0.717, 1.165) is 19.5 Å². The average molecular weight is 263 g/mol. The van der Waals surface area contributed by atoms with Gasteiger partial charge in [0.15, 0.2) is 0 Å². The Bertz CT molecular complexity index is 231. The first-order valence-electron chi connectivity index (χ1n) is 6.60. The Morgan fingerprint density at radius 2 is 2.12 bits per heavy atom. The lowest BCUT2D eigenvalue weighted by Crippen LogP contribution is -2.46. The Labute approximate surface area is 112 Å². The molecule has 0 aliphatic carbocycles. The third kappa shape index (κ3) is 4.84. The van der Waals surface area contributed by atoms with Crippen molar-refractivity contribution in [1.82, 2.24) is 4.90 Å². The summed E-state index contributed by atoms with van der Waals surface area (Å²) in [6.07, 6.45) is 4.90. The molecule has 1 aliphatic rings. The molecule has 0 bridgehead atoms. The number of carbonyl (C=O) groups is 1. The Morgan fingerprint density at radius 1 is 1.47 bits per heavy atom. The molecule has 2 N–H and O–H groups in total. The van der Waals surface area contributed by atoms with Gasteiger partial charge >= 0.3 is 0 Å². The molecule has 1 fully saturated rings. The lowest BCUT2D eigenvalue weighted by Gasteiger charge is -2.35. The molecule has 1 aliphatic heterocycles. The SMILES string of the molecule is CCCC1CCCN(C(=O)C(C)C(C)N)C1.Cl. The highest BCUT2D eigenvalue weighted by Gasteiger charge is 2.27.